The highest BCUT2D eigenvalue weighted by atomic mass is 31.2. The predicted molar refractivity (Wildman–Crippen MR) is 120 cm³/mol. The van der Waals surface area contributed by atoms with Crippen LogP contribution in [0.15, 0.2) is 42.1 Å². The molecule has 0 saturated carbocycles. The van der Waals surface area contributed by atoms with E-state index in [1.807, 2.05) is 0 Å². The zero-order chi connectivity index (χ0) is 25.7. The Labute approximate surface area is 206 Å². The van der Waals surface area contributed by atoms with E-state index in [9.17, 15) is 18.1 Å². The van der Waals surface area contributed by atoms with E-state index in [0.717, 1.165) is 18.2 Å². The molecule has 1 aromatic carbocycles. The van der Waals surface area contributed by atoms with E-state index in [4.69, 9.17) is 33.5 Å². The molecule has 0 radical (unpaired) electrons. The summed E-state index contributed by atoms with van der Waals surface area (Å²) in [5, 5.41) is 0. The second-order valence-electron chi connectivity index (χ2n) is 9.34. The average Bonchev–Trinajstić information content (AvgIpc) is 3.30. The topological polar surface area (TPSA) is 119 Å². The van der Waals surface area contributed by atoms with Crippen LogP contribution in [-0.2, 0) is 37.1 Å². The van der Waals surface area contributed by atoms with Crippen LogP contribution in [0.4, 0.5) is 8.78 Å². The third kappa shape index (κ3) is 5.26. The fraction of sp³-hybridized carbons (Fsp3) is 0.522. The van der Waals surface area contributed by atoms with Gasteiger partial charge in [-0.2, -0.15) is 0 Å². The lowest BCUT2D eigenvalue weighted by atomic mass is 10.1. The maximum Gasteiger partial charge on any atom is 0.475 e. The van der Waals surface area contributed by atoms with Crippen molar-refractivity contribution in [2.75, 3.05) is 19.8 Å². The van der Waals surface area contributed by atoms with Crippen molar-refractivity contribution in [3.8, 4) is 0 Å². The number of hydrogen-bond acceptors (Lipinski definition) is 9. The molecule has 3 saturated heterocycles. The van der Waals surface area contributed by atoms with Gasteiger partial charge >= 0.3 is 7.82 Å². The molecule has 3 fully saturated rings. The smallest absolute Gasteiger partial charge is 0.366 e. The molecule has 1 amide bonds. The van der Waals surface area contributed by atoms with Crippen LogP contribution in [0.25, 0.3) is 0 Å². The summed E-state index contributed by atoms with van der Waals surface area (Å²) in [7, 11) is -4.08. The summed E-state index contributed by atoms with van der Waals surface area (Å²) in [6.45, 7) is 3.75. The van der Waals surface area contributed by atoms with Gasteiger partial charge in [-0.1, -0.05) is 12.2 Å². The van der Waals surface area contributed by atoms with E-state index in [1.165, 1.54) is 0 Å². The lowest BCUT2D eigenvalue weighted by Crippen LogP contribution is -2.42. The molecule has 10 nitrogen and oxygen atoms in total. The number of carbonyl (C=O) groups is 1. The Hall–Kier alpha value is -2.18. The van der Waals surface area contributed by atoms with Crippen molar-refractivity contribution >= 4 is 13.7 Å². The highest BCUT2D eigenvalue weighted by Gasteiger charge is 2.57. The molecule has 3 unspecified atom stereocenters. The molecule has 6 atom stereocenters. The van der Waals surface area contributed by atoms with Gasteiger partial charge in [0.05, 0.1) is 24.9 Å². The van der Waals surface area contributed by atoms with Crippen LogP contribution in [0.3, 0.4) is 0 Å². The molecule has 4 aliphatic rings. The van der Waals surface area contributed by atoms with Gasteiger partial charge in [-0.25, -0.2) is 13.3 Å². The van der Waals surface area contributed by atoms with Crippen molar-refractivity contribution in [3.05, 3.63) is 59.3 Å². The predicted octanol–water partition coefficient (Wildman–Crippen LogP) is 3.05. The molecule has 0 aromatic heterocycles. The number of rotatable bonds is 6. The van der Waals surface area contributed by atoms with E-state index in [-0.39, 0.29) is 25.2 Å². The molecule has 4 heterocycles. The molecule has 196 valence electrons. The van der Waals surface area contributed by atoms with Crippen molar-refractivity contribution in [2.24, 2.45) is 5.73 Å². The zero-order valence-corrected chi connectivity index (χ0v) is 20.6. The number of fused-ring (bicyclic) bond motifs is 1. The zero-order valence-electron chi connectivity index (χ0n) is 19.7. The molecular weight excluding hydrogens is 501 g/mol. The molecule has 0 bridgehead atoms. The van der Waals surface area contributed by atoms with Crippen LogP contribution in [0.1, 0.15) is 31.9 Å². The molecule has 2 N–H and O–H groups in total. The quantitative estimate of drug-likeness (QED) is 0.556. The Kier molecular flexibility index (Phi) is 6.80. The van der Waals surface area contributed by atoms with E-state index < -0.39 is 61.8 Å². The van der Waals surface area contributed by atoms with Crippen LogP contribution in [0.5, 0.6) is 0 Å². The molecule has 36 heavy (non-hydrogen) atoms. The van der Waals surface area contributed by atoms with Crippen LogP contribution in [0, 0.1) is 11.6 Å². The third-order valence-electron chi connectivity index (χ3n) is 6.19. The Bertz CT molecular complexity index is 1120. The molecule has 13 heteroatoms. The summed E-state index contributed by atoms with van der Waals surface area (Å²) in [5.41, 5.74) is 5.93. The van der Waals surface area contributed by atoms with Gasteiger partial charge in [-0.05, 0) is 31.5 Å². The van der Waals surface area contributed by atoms with Crippen molar-refractivity contribution in [3.63, 3.8) is 0 Å². The third-order valence-corrected chi connectivity index (χ3v) is 7.67. The van der Waals surface area contributed by atoms with Crippen LogP contribution < -0.4 is 5.73 Å². The molecule has 5 rings (SSSR count). The highest BCUT2D eigenvalue weighted by Crippen LogP contribution is 2.57. The van der Waals surface area contributed by atoms with Gasteiger partial charge in [0.15, 0.2) is 12.0 Å². The van der Waals surface area contributed by atoms with Crippen molar-refractivity contribution < 1.29 is 45.9 Å². The fourth-order valence-electron chi connectivity index (χ4n) is 4.69. The van der Waals surface area contributed by atoms with Crippen molar-refractivity contribution in [1.29, 1.82) is 0 Å². The Morgan fingerprint density at radius 3 is 2.67 bits per heavy atom. The second-order valence-corrected chi connectivity index (χ2v) is 11.0. The summed E-state index contributed by atoms with van der Waals surface area (Å²) in [4.78, 5) is 13.4. The lowest BCUT2D eigenvalue weighted by Gasteiger charge is -2.33. The summed E-state index contributed by atoms with van der Waals surface area (Å²) >= 11 is 0. The lowest BCUT2D eigenvalue weighted by molar-refractivity contribution is -0.204. The maximum atomic E-state index is 13.7. The maximum absolute atomic E-state index is 13.7. The van der Waals surface area contributed by atoms with E-state index in [2.05, 4.69) is 0 Å². The van der Waals surface area contributed by atoms with Gasteiger partial charge in [0, 0.05) is 25.2 Å². The first-order valence-electron chi connectivity index (χ1n) is 11.5. The van der Waals surface area contributed by atoms with Gasteiger partial charge in [0.25, 0.3) is 0 Å². The van der Waals surface area contributed by atoms with Gasteiger partial charge in [0.2, 0.25) is 5.91 Å². The average molecular weight is 528 g/mol. The van der Waals surface area contributed by atoms with Gasteiger partial charge in [-0.15, -0.1) is 0 Å². The first kappa shape index (κ1) is 25.5. The van der Waals surface area contributed by atoms with Crippen LogP contribution in [0.2, 0.25) is 0 Å². The van der Waals surface area contributed by atoms with Gasteiger partial charge < -0.3 is 24.8 Å². The Morgan fingerprint density at radius 2 is 1.94 bits per heavy atom. The molecule has 0 spiro atoms. The van der Waals surface area contributed by atoms with Crippen LogP contribution >= 0.6 is 7.82 Å². The Morgan fingerprint density at radius 1 is 1.22 bits per heavy atom. The summed E-state index contributed by atoms with van der Waals surface area (Å²) in [6.07, 6.45) is 1.90. The summed E-state index contributed by atoms with van der Waals surface area (Å²) < 4.78 is 75.2. The first-order chi connectivity index (χ1) is 17.0. The number of amides is 1. The highest BCUT2D eigenvalue weighted by molar-refractivity contribution is 7.48. The number of hydrogen-bond donors (Lipinski definition) is 1. The van der Waals surface area contributed by atoms with E-state index in [0.29, 0.717) is 12.1 Å². The molecular formula is C23H27F2N2O8P. The monoisotopic (exact) mass is 528 g/mol. The molecule has 4 aliphatic heterocycles. The largest absolute Gasteiger partial charge is 0.475 e. The number of halogens is 2. The number of carbonyl (C=O) groups excluding carboxylic acids is 1. The standard InChI is InChI=1S/C23H27F2N2O8P/c1-23(2)33-19-18(32-22(20(19)34-23)27-6-3-4-13(11-27)21(26)28)12-31-36(29)30-7-5-17(35-36)14-8-15(24)10-16(25)9-14/h3-4,8-11,17-20,22H,5-7,12H2,1-2H3,(H2,26,28)/t17?,18?,19-,20-,22-,36?/m1/s1. The SMILES string of the molecule is CC1(C)O[C@@H]2[C@H](O1)C(COP1(=O)OCCC(c3cc(F)cc(F)c3)O1)O[C@H]2N1C=C(C(N)=O)C=CC1. The molecule has 0 aliphatic carbocycles. The number of primary amides is 1. The number of phosphoric ester groups is 1. The number of nitrogens with zero attached hydrogens (tertiary/aromatic N) is 1. The van der Waals surface area contributed by atoms with Crippen LogP contribution in [-0.4, -0.2) is 60.9 Å². The van der Waals surface area contributed by atoms with E-state index in [1.54, 1.807) is 37.1 Å². The minimum Gasteiger partial charge on any atom is -0.366 e. The number of phosphoric acid groups is 1. The number of nitrogens with two attached hydrogens (primary N) is 1. The normalized spacial score (nSPS) is 35.5. The van der Waals surface area contributed by atoms with Crippen molar-refractivity contribution in [1.82, 2.24) is 4.90 Å². The minimum absolute atomic E-state index is 0.00766. The summed E-state index contributed by atoms with van der Waals surface area (Å²) in [5.74, 6) is -3.03. The number of ether oxygens (including phenoxy) is 3. The van der Waals surface area contributed by atoms with E-state index >= 15 is 0 Å². The first-order valence-corrected chi connectivity index (χ1v) is 13.0. The molecule has 1 aromatic rings. The Balaban J connectivity index is 1.29. The minimum atomic E-state index is -4.08. The van der Waals surface area contributed by atoms with Gasteiger partial charge in [-0.3, -0.25) is 18.4 Å². The van der Waals surface area contributed by atoms with Gasteiger partial charge in [0.1, 0.15) is 29.9 Å². The van der Waals surface area contributed by atoms with Crippen molar-refractivity contribution in [2.45, 2.75) is 56.7 Å². The summed E-state index contributed by atoms with van der Waals surface area (Å²) in [6, 6.07) is 2.98. The second kappa shape index (κ2) is 9.60. The number of benzene rings is 1. The fourth-order valence-corrected chi connectivity index (χ4v) is 6.08.